The zero-order chi connectivity index (χ0) is 16.1. The quantitative estimate of drug-likeness (QED) is 0.789. The second-order valence-electron chi connectivity index (χ2n) is 6.79. The number of hydrogen-bond acceptors (Lipinski definition) is 3. The number of nitrogens with one attached hydrogen (secondary N) is 2. The van der Waals surface area contributed by atoms with Gasteiger partial charge in [0.05, 0.1) is 0 Å². The molecule has 0 saturated carbocycles. The van der Waals surface area contributed by atoms with E-state index in [2.05, 4.69) is 31.5 Å². The minimum Gasteiger partial charge on any atom is -0.326 e. The van der Waals surface area contributed by atoms with Crippen LogP contribution in [-0.4, -0.2) is 43.5 Å². The Morgan fingerprint density at radius 2 is 2.08 bits per heavy atom. The highest BCUT2D eigenvalue weighted by Gasteiger charge is 2.26. The molecule has 0 spiro atoms. The van der Waals surface area contributed by atoms with Crippen molar-refractivity contribution in [2.45, 2.75) is 25.7 Å². The van der Waals surface area contributed by atoms with Crippen molar-refractivity contribution in [2.75, 3.05) is 38.0 Å². The van der Waals surface area contributed by atoms with E-state index in [0.29, 0.717) is 0 Å². The fraction of sp³-hybridized carbons (Fsp3) is 0.611. The molecule has 2 saturated heterocycles. The summed E-state index contributed by atoms with van der Waals surface area (Å²) < 4.78 is 0.992. The van der Waals surface area contributed by atoms with Crippen LogP contribution in [0.25, 0.3) is 0 Å². The third-order valence-corrected chi connectivity index (χ3v) is 5.46. The van der Waals surface area contributed by atoms with Crippen LogP contribution in [0.1, 0.15) is 25.7 Å². The van der Waals surface area contributed by atoms with Crippen LogP contribution < -0.4 is 10.6 Å². The zero-order valence-electron chi connectivity index (χ0n) is 14.0. The monoisotopic (exact) mass is 415 g/mol. The molecule has 2 fully saturated rings. The first kappa shape index (κ1) is 19.7. The molecule has 2 aliphatic rings. The van der Waals surface area contributed by atoms with Gasteiger partial charge in [0.2, 0.25) is 5.91 Å². The number of carbonyl (C=O) groups is 1. The van der Waals surface area contributed by atoms with Crippen molar-refractivity contribution in [1.82, 2.24) is 10.2 Å². The summed E-state index contributed by atoms with van der Waals surface area (Å²) in [6.07, 6.45) is 4.59. The minimum atomic E-state index is 0. The predicted molar refractivity (Wildman–Crippen MR) is 105 cm³/mol. The van der Waals surface area contributed by atoms with Gasteiger partial charge in [-0.3, -0.25) is 4.79 Å². The first-order chi connectivity index (χ1) is 11.2. The van der Waals surface area contributed by atoms with E-state index >= 15 is 0 Å². The lowest BCUT2D eigenvalue weighted by atomic mass is 9.93. The summed E-state index contributed by atoms with van der Waals surface area (Å²) in [6, 6.07) is 7.80. The van der Waals surface area contributed by atoms with Crippen molar-refractivity contribution >= 4 is 39.9 Å². The van der Waals surface area contributed by atoms with Gasteiger partial charge >= 0.3 is 0 Å². The molecule has 1 aromatic rings. The Morgan fingerprint density at radius 1 is 1.29 bits per heavy atom. The lowest BCUT2D eigenvalue weighted by Gasteiger charge is -2.35. The van der Waals surface area contributed by atoms with Crippen LogP contribution in [0.2, 0.25) is 0 Å². The number of anilines is 1. The molecule has 0 bridgehead atoms. The summed E-state index contributed by atoms with van der Waals surface area (Å²) in [4.78, 5) is 15.0. The highest BCUT2D eigenvalue weighted by Crippen LogP contribution is 2.22. The van der Waals surface area contributed by atoms with Gasteiger partial charge in [0, 0.05) is 22.6 Å². The van der Waals surface area contributed by atoms with E-state index in [1.807, 2.05) is 24.3 Å². The van der Waals surface area contributed by atoms with Crippen molar-refractivity contribution in [3.05, 3.63) is 28.7 Å². The number of halogens is 2. The van der Waals surface area contributed by atoms with Crippen LogP contribution >= 0.6 is 28.3 Å². The Kier molecular flexibility index (Phi) is 8.01. The number of benzene rings is 1. The van der Waals surface area contributed by atoms with E-state index < -0.39 is 0 Å². The van der Waals surface area contributed by atoms with Gasteiger partial charge in [-0.2, -0.15) is 0 Å². The number of hydrogen-bond donors (Lipinski definition) is 2. The number of carbonyl (C=O) groups excluding carboxylic acids is 1. The van der Waals surface area contributed by atoms with Crippen molar-refractivity contribution in [3.63, 3.8) is 0 Å². The van der Waals surface area contributed by atoms with Crippen molar-refractivity contribution < 1.29 is 4.79 Å². The van der Waals surface area contributed by atoms with E-state index in [4.69, 9.17) is 0 Å². The normalized spacial score (nSPS) is 22.6. The van der Waals surface area contributed by atoms with Crippen LogP contribution in [0.4, 0.5) is 5.69 Å². The van der Waals surface area contributed by atoms with Gasteiger partial charge in [0.15, 0.2) is 0 Å². The molecule has 2 aliphatic heterocycles. The number of likely N-dealkylation sites (tertiary alicyclic amines) is 1. The van der Waals surface area contributed by atoms with Gasteiger partial charge in [-0.05, 0) is 76.0 Å². The van der Waals surface area contributed by atoms with Gasteiger partial charge in [-0.1, -0.05) is 22.0 Å². The van der Waals surface area contributed by atoms with E-state index in [1.54, 1.807) is 0 Å². The molecule has 24 heavy (non-hydrogen) atoms. The largest absolute Gasteiger partial charge is 0.326 e. The Labute approximate surface area is 159 Å². The maximum absolute atomic E-state index is 12.4. The average Bonchev–Trinajstić information content (AvgIpc) is 2.56. The minimum absolute atomic E-state index is 0. The lowest BCUT2D eigenvalue weighted by molar-refractivity contribution is -0.121. The molecule has 6 heteroatoms. The van der Waals surface area contributed by atoms with Gasteiger partial charge < -0.3 is 15.5 Å². The highest BCUT2D eigenvalue weighted by atomic mass is 79.9. The Morgan fingerprint density at radius 3 is 2.75 bits per heavy atom. The number of rotatable bonds is 4. The van der Waals surface area contributed by atoms with Crippen LogP contribution in [0.3, 0.4) is 0 Å². The summed E-state index contributed by atoms with van der Waals surface area (Å²) >= 11 is 3.44. The highest BCUT2D eigenvalue weighted by molar-refractivity contribution is 9.10. The van der Waals surface area contributed by atoms with E-state index in [-0.39, 0.29) is 24.2 Å². The zero-order valence-corrected chi connectivity index (χ0v) is 16.4. The topological polar surface area (TPSA) is 44.4 Å². The van der Waals surface area contributed by atoms with Gasteiger partial charge in [-0.25, -0.2) is 0 Å². The first-order valence-electron chi connectivity index (χ1n) is 8.70. The van der Waals surface area contributed by atoms with Crippen molar-refractivity contribution in [3.8, 4) is 0 Å². The average molecular weight is 417 g/mol. The summed E-state index contributed by atoms with van der Waals surface area (Å²) in [6.45, 7) is 5.62. The van der Waals surface area contributed by atoms with Crippen LogP contribution in [-0.2, 0) is 4.79 Å². The molecular formula is C18H27BrClN3O. The van der Waals surface area contributed by atoms with Gasteiger partial charge in [-0.15, -0.1) is 12.4 Å². The SMILES string of the molecule is Cl.O=C(Nc1cccc(Br)c1)C1CCN(CC2CCCNC2)CC1. The molecule has 1 aromatic carbocycles. The predicted octanol–water partition coefficient (Wildman–Crippen LogP) is 3.52. The molecule has 0 aliphatic carbocycles. The molecule has 3 rings (SSSR count). The fourth-order valence-corrected chi connectivity index (χ4v) is 4.03. The maximum atomic E-state index is 12.4. The third kappa shape index (κ3) is 5.73. The Hall–Kier alpha value is -0.620. The maximum Gasteiger partial charge on any atom is 0.227 e. The molecule has 2 heterocycles. The third-order valence-electron chi connectivity index (χ3n) is 4.97. The number of nitrogens with zero attached hydrogens (tertiary/aromatic N) is 1. The second-order valence-corrected chi connectivity index (χ2v) is 7.70. The van der Waals surface area contributed by atoms with Crippen molar-refractivity contribution in [2.24, 2.45) is 11.8 Å². The number of piperidine rings is 2. The molecule has 0 aromatic heterocycles. The summed E-state index contributed by atoms with van der Waals surface area (Å²) in [7, 11) is 0. The standard InChI is InChI=1S/C18H26BrN3O.ClH/c19-16-4-1-5-17(11-16)21-18(23)15-6-9-22(10-7-15)13-14-3-2-8-20-12-14;/h1,4-5,11,14-15,20H,2-3,6-10,12-13H2,(H,21,23);1H. The lowest BCUT2D eigenvalue weighted by Crippen LogP contribution is -2.43. The van der Waals surface area contributed by atoms with Crippen LogP contribution in [0.5, 0.6) is 0 Å². The smallest absolute Gasteiger partial charge is 0.227 e. The Bertz CT molecular complexity index is 529. The van der Waals surface area contributed by atoms with Gasteiger partial charge in [0.25, 0.3) is 0 Å². The second kappa shape index (κ2) is 9.76. The molecular weight excluding hydrogens is 390 g/mol. The summed E-state index contributed by atoms with van der Waals surface area (Å²) in [5, 5.41) is 6.54. The molecule has 1 unspecified atom stereocenters. The summed E-state index contributed by atoms with van der Waals surface area (Å²) in [5.41, 5.74) is 0.875. The molecule has 2 N–H and O–H groups in total. The molecule has 0 radical (unpaired) electrons. The number of amides is 1. The molecule has 134 valence electrons. The Balaban J connectivity index is 0.00000208. The van der Waals surface area contributed by atoms with E-state index in [9.17, 15) is 4.79 Å². The van der Waals surface area contributed by atoms with E-state index in [0.717, 1.165) is 48.6 Å². The molecule has 1 atom stereocenters. The first-order valence-corrected chi connectivity index (χ1v) is 9.49. The fourth-order valence-electron chi connectivity index (χ4n) is 3.63. The molecule has 1 amide bonds. The van der Waals surface area contributed by atoms with Gasteiger partial charge in [0.1, 0.15) is 0 Å². The molecule has 4 nitrogen and oxygen atoms in total. The summed E-state index contributed by atoms with van der Waals surface area (Å²) in [5.74, 6) is 1.10. The van der Waals surface area contributed by atoms with Crippen LogP contribution in [0, 0.1) is 11.8 Å². The van der Waals surface area contributed by atoms with Crippen molar-refractivity contribution in [1.29, 1.82) is 0 Å². The van der Waals surface area contributed by atoms with E-state index in [1.165, 1.54) is 25.9 Å². The van der Waals surface area contributed by atoms with Crippen LogP contribution in [0.15, 0.2) is 28.7 Å².